The number of nitrogens with zero attached hydrogens (tertiary/aromatic N) is 2. The van der Waals surface area contributed by atoms with Crippen molar-refractivity contribution in [3.63, 3.8) is 0 Å². The average Bonchev–Trinajstić information content (AvgIpc) is 2.69. The first-order valence-electron chi connectivity index (χ1n) is 9.16. The number of carbonyl (C=O) groups is 1. The van der Waals surface area contributed by atoms with Crippen molar-refractivity contribution in [2.45, 2.75) is 33.1 Å². The third-order valence-electron chi connectivity index (χ3n) is 4.37. The molecule has 3 rings (SSSR count). The number of aryl methyl sites for hydroxylation is 1. The number of rotatable bonds is 6. The molecule has 0 aliphatic carbocycles. The summed E-state index contributed by atoms with van der Waals surface area (Å²) >= 11 is 0. The van der Waals surface area contributed by atoms with Crippen LogP contribution in [0.2, 0.25) is 0 Å². The van der Waals surface area contributed by atoms with E-state index in [2.05, 4.69) is 47.4 Å². The molecule has 2 aromatic carbocycles. The molecule has 5 nitrogen and oxygen atoms in total. The smallest absolute Gasteiger partial charge is 0.274 e. The van der Waals surface area contributed by atoms with Crippen LogP contribution in [-0.2, 0) is 6.42 Å². The Morgan fingerprint density at radius 1 is 1.04 bits per heavy atom. The van der Waals surface area contributed by atoms with Gasteiger partial charge < -0.3 is 10.6 Å². The third kappa shape index (κ3) is 4.70. The number of hydrogen-bond donors (Lipinski definition) is 2. The van der Waals surface area contributed by atoms with Crippen LogP contribution in [0.1, 0.15) is 48.3 Å². The summed E-state index contributed by atoms with van der Waals surface area (Å²) in [4.78, 5) is 21.1. The molecule has 0 aliphatic heterocycles. The molecule has 138 valence electrons. The third-order valence-corrected chi connectivity index (χ3v) is 4.37. The number of nitrogens with one attached hydrogen (secondary N) is 2. The molecule has 0 atom stereocenters. The van der Waals surface area contributed by atoms with E-state index >= 15 is 0 Å². The molecule has 0 saturated heterocycles. The summed E-state index contributed by atoms with van der Waals surface area (Å²) in [6.45, 7) is 6.37. The monoisotopic (exact) mass is 360 g/mol. The number of hydrogen-bond acceptors (Lipinski definition) is 4. The largest absolute Gasteiger partial charge is 0.324 e. The standard InChI is InChI=1S/C22H24N4O/c1-4-16-7-5-6-8-19(16)25-22-23-14-13-20(26-22)21(27)24-18-11-9-17(10-12-18)15(2)3/h5-15H,4H2,1-3H3,(H,24,27)(H,23,25,26). The Kier molecular flexibility index (Phi) is 5.81. The fourth-order valence-electron chi connectivity index (χ4n) is 2.76. The number of anilines is 3. The molecule has 2 N–H and O–H groups in total. The highest BCUT2D eigenvalue weighted by atomic mass is 16.1. The number of aromatic nitrogens is 2. The molecule has 0 fully saturated rings. The number of benzene rings is 2. The fourth-order valence-corrected chi connectivity index (χ4v) is 2.76. The molecule has 1 heterocycles. The van der Waals surface area contributed by atoms with Gasteiger partial charge in [0.05, 0.1) is 0 Å². The SMILES string of the molecule is CCc1ccccc1Nc1nccc(C(=O)Nc2ccc(C(C)C)cc2)n1. The molecule has 0 aliphatic rings. The molecule has 3 aromatic rings. The summed E-state index contributed by atoms with van der Waals surface area (Å²) in [6, 6.07) is 17.5. The van der Waals surface area contributed by atoms with E-state index in [1.807, 2.05) is 42.5 Å². The van der Waals surface area contributed by atoms with Crippen molar-refractivity contribution in [3.8, 4) is 0 Å². The van der Waals surface area contributed by atoms with E-state index < -0.39 is 0 Å². The lowest BCUT2D eigenvalue weighted by Crippen LogP contribution is -2.15. The summed E-state index contributed by atoms with van der Waals surface area (Å²) in [6.07, 6.45) is 2.48. The maximum absolute atomic E-state index is 12.5. The van der Waals surface area contributed by atoms with Crippen molar-refractivity contribution in [3.05, 3.63) is 77.6 Å². The van der Waals surface area contributed by atoms with Crippen molar-refractivity contribution in [1.82, 2.24) is 9.97 Å². The Bertz CT molecular complexity index is 920. The van der Waals surface area contributed by atoms with E-state index in [1.165, 1.54) is 11.1 Å². The molecule has 0 saturated carbocycles. The van der Waals surface area contributed by atoms with Crippen LogP contribution in [0.25, 0.3) is 0 Å². The Hall–Kier alpha value is -3.21. The minimum Gasteiger partial charge on any atom is -0.324 e. The first kappa shape index (κ1) is 18.6. The Morgan fingerprint density at radius 2 is 1.78 bits per heavy atom. The summed E-state index contributed by atoms with van der Waals surface area (Å²) in [7, 11) is 0. The van der Waals surface area contributed by atoms with Crippen molar-refractivity contribution < 1.29 is 4.79 Å². The maximum Gasteiger partial charge on any atom is 0.274 e. The summed E-state index contributed by atoms with van der Waals surface area (Å²) in [5.41, 5.74) is 4.41. The van der Waals surface area contributed by atoms with Crippen LogP contribution >= 0.6 is 0 Å². The highest BCUT2D eigenvalue weighted by molar-refractivity contribution is 6.03. The zero-order chi connectivity index (χ0) is 19.2. The second kappa shape index (κ2) is 8.45. The van der Waals surface area contributed by atoms with Crippen LogP contribution in [-0.4, -0.2) is 15.9 Å². The molecular weight excluding hydrogens is 336 g/mol. The van der Waals surface area contributed by atoms with Gasteiger partial charge in [0.1, 0.15) is 5.69 Å². The van der Waals surface area contributed by atoms with Gasteiger partial charge in [0.2, 0.25) is 5.95 Å². The fraction of sp³-hybridized carbons (Fsp3) is 0.227. The second-order valence-electron chi connectivity index (χ2n) is 6.63. The number of amides is 1. The maximum atomic E-state index is 12.5. The quantitative estimate of drug-likeness (QED) is 0.637. The van der Waals surface area contributed by atoms with Gasteiger partial charge in [-0.1, -0.05) is 51.1 Å². The van der Waals surface area contributed by atoms with Crippen molar-refractivity contribution >= 4 is 23.2 Å². The Balaban J connectivity index is 1.73. The molecule has 0 radical (unpaired) electrons. The van der Waals surface area contributed by atoms with E-state index in [4.69, 9.17) is 0 Å². The number of carbonyl (C=O) groups excluding carboxylic acids is 1. The number of para-hydroxylation sites is 1. The van der Waals surface area contributed by atoms with Crippen LogP contribution in [0.15, 0.2) is 60.8 Å². The lowest BCUT2D eigenvalue weighted by molar-refractivity contribution is 0.102. The first-order chi connectivity index (χ1) is 13.1. The van der Waals surface area contributed by atoms with Gasteiger partial charge in [-0.05, 0) is 47.7 Å². The van der Waals surface area contributed by atoms with Gasteiger partial charge in [-0.3, -0.25) is 4.79 Å². The van der Waals surface area contributed by atoms with Crippen LogP contribution in [0.3, 0.4) is 0 Å². The lowest BCUT2D eigenvalue weighted by Gasteiger charge is -2.11. The van der Waals surface area contributed by atoms with Gasteiger partial charge in [-0.2, -0.15) is 0 Å². The summed E-state index contributed by atoms with van der Waals surface area (Å²) in [5, 5.41) is 6.08. The van der Waals surface area contributed by atoms with Gasteiger partial charge in [-0.15, -0.1) is 0 Å². The van der Waals surface area contributed by atoms with E-state index in [9.17, 15) is 4.79 Å². The van der Waals surface area contributed by atoms with Crippen molar-refractivity contribution in [2.24, 2.45) is 0 Å². The van der Waals surface area contributed by atoms with Gasteiger partial charge in [0.25, 0.3) is 5.91 Å². The Labute approximate surface area is 159 Å². The van der Waals surface area contributed by atoms with Crippen LogP contribution in [0.4, 0.5) is 17.3 Å². The molecule has 1 amide bonds. The van der Waals surface area contributed by atoms with E-state index in [1.54, 1.807) is 12.3 Å². The van der Waals surface area contributed by atoms with Crippen molar-refractivity contribution in [2.75, 3.05) is 10.6 Å². The van der Waals surface area contributed by atoms with Gasteiger partial charge >= 0.3 is 0 Å². The Morgan fingerprint density at radius 3 is 2.48 bits per heavy atom. The van der Waals surface area contributed by atoms with Gasteiger partial charge in [-0.25, -0.2) is 9.97 Å². The van der Waals surface area contributed by atoms with E-state index in [-0.39, 0.29) is 5.91 Å². The molecule has 27 heavy (non-hydrogen) atoms. The highest BCUT2D eigenvalue weighted by Crippen LogP contribution is 2.20. The first-order valence-corrected chi connectivity index (χ1v) is 9.16. The topological polar surface area (TPSA) is 66.9 Å². The molecule has 0 bridgehead atoms. The van der Waals surface area contributed by atoms with Crippen molar-refractivity contribution in [1.29, 1.82) is 0 Å². The zero-order valence-electron chi connectivity index (χ0n) is 15.9. The summed E-state index contributed by atoms with van der Waals surface area (Å²) < 4.78 is 0. The molecule has 1 aromatic heterocycles. The zero-order valence-corrected chi connectivity index (χ0v) is 15.9. The predicted octanol–water partition coefficient (Wildman–Crippen LogP) is 5.16. The van der Waals surface area contributed by atoms with Crippen LogP contribution in [0, 0.1) is 0 Å². The minimum absolute atomic E-state index is 0.262. The predicted molar refractivity (Wildman–Crippen MR) is 110 cm³/mol. The summed E-state index contributed by atoms with van der Waals surface area (Å²) in [5.74, 6) is 0.594. The van der Waals surface area contributed by atoms with Gasteiger partial charge in [0.15, 0.2) is 0 Å². The van der Waals surface area contributed by atoms with Crippen LogP contribution in [0.5, 0.6) is 0 Å². The van der Waals surface area contributed by atoms with Gasteiger partial charge in [0, 0.05) is 17.6 Å². The molecular formula is C22H24N4O. The second-order valence-corrected chi connectivity index (χ2v) is 6.63. The minimum atomic E-state index is -0.262. The molecule has 0 unspecified atom stereocenters. The molecule has 5 heteroatoms. The lowest BCUT2D eigenvalue weighted by atomic mass is 10.0. The average molecular weight is 360 g/mol. The van der Waals surface area contributed by atoms with E-state index in [0.717, 1.165) is 17.8 Å². The molecule has 0 spiro atoms. The highest BCUT2D eigenvalue weighted by Gasteiger charge is 2.10. The van der Waals surface area contributed by atoms with Crippen LogP contribution < -0.4 is 10.6 Å². The normalized spacial score (nSPS) is 10.7. The van der Waals surface area contributed by atoms with E-state index in [0.29, 0.717) is 17.6 Å².